The van der Waals surface area contributed by atoms with Crippen LogP contribution in [0.15, 0.2) is 0 Å². The second-order valence-corrected chi connectivity index (χ2v) is 4.58. The number of hydrogen-bond acceptors (Lipinski definition) is 4. The number of carbonyl (C=O) groups is 3. The Morgan fingerprint density at radius 3 is 2.55 bits per heavy atom. The summed E-state index contributed by atoms with van der Waals surface area (Å²) in [5.41, 5.74) is 0. The minimum Gasteiger partial charge on any atom is -0.479 e. The van der Waals surface area contributed by atoms with Gasteiger partial charge in [-0.3, -0.25) is 4.79 Å². The average molecular weight is 287 g/mol. The van der Waals surface area contributed by atoms with Crippen LogP contribution < -0.4 is 16.0 Å². The van der Waals surface area contributed by atoms with E-state index in [-0.39, 0.29) is 25.1 Å². The van der Waals surface area contributed by atoms with Crippen molar-refractivity contribution >= 4 is 17.9 Å². The van der Waals surface area contributed by atoms with Crippen LogP contribution in [0.3, 0.4) is 0 Å². The summed E-state index contributed by atoms with van der Waals surface area (Å²) in [4.78, 5) is 33.3. The monoisotopic (exact) mass is 287 g/mol. The van der Waals surface area contributed by atoms with Crippen LogP contribution >= 0.6 is 0 Å². The fraction of sp³-hybridized carbons (Fsp3) is 0.750. The van der Waals surface area contributed by atoms with E-state index < -0.39 is 18.1 Å². The van der Waals surface area contributed by atoms with Crippen LogP contribution in [0.1, 0.15) is 26.2 Å². The van der Waals surface area contributed by atoms with E-state index in [1.165, 1.54) is 0 Å². The van der Waals surface area contributed by atoms with Gasteiger partial charge in [0.2, 0.25) is 5.91 Å². The maximum atomic E-state index is 11.4. The van der Waals surface area contributed by atoms with E-state index in [0.717, 1.165) is 6.42 Å². The smallest absolute Gasteiger partial charge is 0.332 e. The van der Waals surface area contributed by atoms with Crippen LogP contribution in [0.5, 0.6) is 0 Å². The summed E-state index contributed by atoms with van der Waals surface area (Å²) in [5, 5.41) is 16.4. The van der Waals surface area contributed by atoms with Crippen LogP contribution in [-0.2, 0) is 14.3 Å². The number of nitrogens with one attached hydrogen (secondary N) is 3. The number of amides is 3. The highest BCUT2D eigenvalue weighted by Gasteiger charge is 2.30. The van der Waals surface area contributed by atoms with Crippen molar-refractivity contribution in [1.82, 2.24) is 16.0 Å². The van der Waals surface area contributed by atoms with Crippen molar-refractivity contribution in [3.8, 4) is 0 Å². The Bertz CT molecular complexity index is 361. The topological polar surface area (TPSA) is 117 Å². The molecule has 1 heterocycles. The lowest BCUT2D eigenvalue weighted by Crippen LogP contribution is -2.44. The third kappa shape index (κ3) is 5.87. The molecule has 1 rings (SSSR count). The van der Waals surface area contributed by atoms with Gasteiger partial charge in [-0.05, 0) is 19.3 Å². The summed E-state index contributed by atoms with van der Waals surface area (Å²) < 4.78 is 5.23. The van der Waals surface area contributed by atoms with Crippen molar-refractivity contribution in [1.29, 1.82) is 0 Å². The van der Waals surface area contributed by atoms with E-state index in [0.29, 0.717) is 19.4 Å². The fourth-order valence-corrected chi connectivity index (χ4v) is 1.79. The van der Waals surface area contributed by atoms with Crippen molar-refractivity contribution in [2.45, 2.75) is 38.4 Å². The Hall–Kier alpha value is -1.83. The third-order valence-electron chi connectivity index (χ3n) is 2.85. The van der Waals surface area contributed by atoms with E-state index in [4.69, 9.17) is 9.84 Å². The number of carboxylic acid groups (broad SMARTS) is 1. The molecule has 2 atom stereocenters. The summed E-state index contributed by atoms with van der Waals surface area (Å²) in [6.45, 7) is 2.66. The highest BCUT2D eigenvalue weighted by molar-refractivity contribution is 5.83. The Morgan fingerprint density at radius 2 is 1.95 bits per heavy atom. The van der Waals surface area contributed by atoms with E-state index >= 15 is 0 Å². The van der Waals surface area contributed by atoms with Crippen LogP contribution in [0.25, 0.3) is 0 Å². The molecule has 0 aliphatic carbocycles. The van der Waals surface area contributed by atoms with Gasteiger partial charge in [0, 0.05) is 13.1 Å². The standard InChI is InChI=1S/C12H21N3O5/c1-2-5-13-10(16)7-15-12(19)14-6-8-3-4-9(20-8)11(17)18/h8-9H,2-7H2,1H3,(H,13,16)(H,17,18)(H2,14,15,19). The molecule has 1 saturated heterocycles. The SMILES string of the molecule is CCCNC(=O)CNC(=O)NCC1CCC(C(=O)O)O1. The van der Waals surface area contributed by atoms with Gasteiger partial charge < -0.3 is 25.8 Å². The molecule has 0 bridgehead atoms. The molecule has 0 spiro atoms. The molecule has 114 valence electrons. The second-order valence-electron chi connectivity index (χ2n) is 4.58. The number of rotatable bonds is 7. The van der Waals surface area contributed by atoms with Gasteiger partial charge in [0.05, 0.1) is 12.6 Å². The van der Waals surface area contributed by atoms with E-state index in [1.807, 2.05) is 6.92 Å². The average Bonchev–Trinajstić information content (AvgIpc) is 2.89. The molecule has 1 aliphatic rings. The summed E-state index contributed by atoms with van der Waals surface area (Å²) in [5.74, 6) is -1.23. The fourth-order valence-electron chi connectivity index (χ4n) is 1.79. The lowest BCUT2D eigenvalue weighted by atomic mass is 10.2. The highest BCUT2D eigenvalue weighted by atomic mass is 16.5. The summed E-state index contributed by atoms with van der Waals surface area (Å²) in [6.07, 6.45) is 0.791. The van der Waals surface area contributed by atoms with Gasteiger partial charge in [-0.25, -0.2) is 9.59 Å². The summed E-state index contributed by atoms with van der Waals surface area (Å²) in [7, 11) is 0. The summed E-state index contributed by atoms with van der Waals surface area (Å²) in [6, 6.07) is -0.473. The van der Waals surface area contributed by atoms with Gasteiger partial charge in [0.25, 0.3) is 0 Å². The van der Waals surface area contributed by atoms with Crippen molar-refractivity contribution in [2.75, 3.05) is 19.6 Å². The van der Waals surface area contributed by atoms with Gasteiger partial charge in [0.1, 0.15) is 0 Å². The first-order valence-corrected chi connectivity index (χ1v) is 6.69. The van der Waals surface area contributed by atoms with Gasteiger partial charge in [-0.15, -0.1) is 0 Å². The van der Waals surface area contributed by atoms with Gasteiger partial charge in [0.15, 0.2) is 6.10 Å². The molecule has 0 radical (unpaired) electrons. The molecule has 2 unspecified atom stereocenters. The van der Waals surface area contributed by atoms with Crippen molar-refractivity contribution < 1.29 is 24.2 Å². The largest absolute Gasteiger partial charge is 0.479 e. The number of urea groups is 1. The molecule has 0 aromatic rings. The maximum absolute atomic E-state index is 11.4. The van der Waals surface area contributed by atoms with Gasteiger partial charge in [-0.2, -0.15) is 0 Å². The molecule has 3 amide bonds. The lowest BCUT2D eigenvalue weighted by Gasteiger charge is -2.13. The number of aliphatic carboxylic acids is 1. The first-order valence-electron chi connectivity index (χ1n) is 6.69. The molecular weight excluding hydrogens is 266 g/mol. The number of carboxylic acids is 1. The summed E-state index contributed by atoms with van der Waals surface area (Å²) >= 11 is 0. The maximum Gasteiger partial charge on any atom is 0.332 e. The number of hydrogen-bond donors (Lipinski definition) is 4. The van der Waals surface area contributed by atoms with Crippen molar-refractivity contribution in [3.05, 3.63) is 0 Å². The van der Waals surface area contributed by atoms with Gasteiger partial charge >= 0.3 is 12.0 Å². The molecule has 0 saturated carbocycles. The highest BCUT2D eigenvalue weighted by Crippen LogP contribution is 2.18. The minimum absolute atomic E-state index is 0.0882. The predicted molar refractivity (Wildman–Crippen MR) is 70.2 cm³/mol. The zero-order chi connectivity index (χ0) is 15.0. The van der Waals surface area contributed by atoms with E-state index in [2.05, 4.69) is 16.0 Å². The molecular formula is C12H21N3O5. The van der Waals surface area contributed by atoms with Crippen LogP contribution in [0.2, 0.25) is 0 Å². The molecule has 1 fully saturated rings. The third-order valence-corrected chi connectivity index (χ3v) is 2.85. The number of ether oxygens (including phenoxy) is 1. The quantitative estimate of drug-likeness (QED) is 0.501. The molecule has 0 aromatic carbocycles. The van der Waals surface area contributed by atoms with Crippen LogP contribution in [0.4, 0.5) is 4.79 Å². The Kier molecular flexibility index (Phi) is 6.78. The molecule has 20 heavy (non-hydrogen) atoms. The molecule has 1 aliphatic heterocycles. The van der Waals surface area contributed by atoms with Crippen LogP contribution in [0, 0.1) is 0 Å². The first kappa shape index (κ1) is 16.2. The molecule has 8 heteroatoms. The van der Waals surface area contributed by atoms with Gasteiger partial charge in [-0.1, -0.05) is 6.92 Å². The molecule has 0 aromatic heterocycles. The normalized spacial score (nSPS) is 21.2. The lowest BCUT2D eigenvalue weighted by molar-refractivity contribution is -0.149. The first-order chi connectivity index (χ1) is 9.52. The second kappa shape index (κ2) is 8.36. The van der Waals surface area contributed by atoms with E-state index in [1.54, 1.807) is 0 Å². The molecule has 4 N–H and O–H groups in total. The van der Waals surface area contributed by atoms with Crippen molar-refractivity contribution in [2.24, 2.45) is 0 Å². The van der Waals surface area contributed by atoms with Crippen LogP contribution in [-0.4, -0.2) is 54.9 Å². The van der Waals surface area contributed by atoms with E-state index in [9.17, 15) is 14.4 Å². The minimum atomic E-state index is -0.982. The Labute approximate surface area is 117 Å². The van der Waals surface area contributed by atoms with Crippen molar-refractivity contribution in [3.63, 3.8) is 0 Å². The Morgan fingerprint density at radius 1 is 1.20 bits per heavy atom. The molecule has 8 nitrogen and oxygen atoms in total. The zero-order valence-electron chi connectivity index (χ0n) is 11.5. The Balaban J connectivity index is 2.11. The predicted octanol–water partition coefficient (Wildman–Crippen LogP) is -0.556. The number of carbonyl (C=O) groups excluding carboxylic acids is 2. The zero-order valence-corrected chi connectivity index (χ0v) is 11.5.